The Bertz CT molecular complexity index is 1090. The minimum absolute atomic E-state index is 0.0225. The molecule has 2 aromatic carbocycles. The smallest absolute Gasteiger partial charge is 0.262 e. The Morgan fingerprint density at radius 1 is 1.25 bits per heavy atom. The van der Waals surface area contributed by atoms with Crippen molar-refractivity contribution in [2.75, 3.05) is 6.73 Å². The number of hydrogen-bond acceptors (Lipinski definition) is 4. The first-order valence-corrected chi connectivity index (χ1v) is 8.86. The fourth-order valence-corrected chi connectivity index (χ4v) is 3.48. The number of aliphatic hydroxyl groups is 1. The number of aromatic nitrogens is 1. The van der Waals surface area contributed by atoms with Gasteiger partial charge in [0.1, 0.15) is 18.3 Å². The number of benzene rings is 2. The average molecular weight is 405 g/mol. The highest BCUT2D eigenvalue weighted by atomic mass is 35.5. The van der Waals surface area contributed by atoms with Crippen LogP contribution in [0.25, 0.3) is 10.9 Å². The van der Waals surface area contributed by atoms with Gasteiger partial charge in [-0.15, -0.1) is 0 Å². The molecule has 8 heteroatoms. The quantitative estimate of drug-likeness (QED) is 0.582. The van der Waals surface area contributed by atoms with Crippen molar-refractivity contribution < 1.29 is 24.2 Å². The summed E-state index contributed by atoms with van der Waals surface area (Å²) in [5.74, 6) is -2.36. The van der Waals surface area contributed by atoms with E-state index in [0.29, 0.717) is 22.2 Å². The van der Waals surface area contributed by atoms with E-state index >= 15 is 0 Å². The number of nitrogens with one attached hydrogen (secondary N) is 1. The number of phenolic OH excluding ortho intramolecular Hbond substituents is 1. The highest BCUT2D eigenvalue weighted by molar-refractivity contribution is 6.30. The van der Waals surface area contributed by atoms with E-state index in [0.717, 1.165) is 6.07 Å². The van der Waals surface area contributed by atoms with E-state index in [2.05, 4.69) is 5.32 Å². The van der Waals surface area contributed by atoms with Gasteiger partial charge < -0.3 is 15.5 Å². The summed E-state index contributed by atoms with van der Waals surface area (Å²) >= 11 is 5.70. The number of hydrogen-bond donors (Lipinski definition) is 3. The molecule has 0 aliphatic heterocycles. The van der Waals surface area contributed by atoms with Gasteiger partial charge in [-0.3, -0.25) is 14.2 Å². The van der Waals surface area contributed by atoms with Crippen LogP contribution in [0.2, 0.25) is 5.02 Å². The topological polar surface area (TPSA) is 91.6 Å². The van der Waals surface area contributed by atoms with Crippen LogP contribution < -0.4 is 5.32 Å². The van der Waals surface area contributed by atoms with Crippen LogP contribution in [0.3, 0.4) is 0 Å². The molecule has 0 aliphatic carbocycles. The molecule has 0 radical (unpaired) electrons. The van der Waals surface area contributed by atoms with Crippen LogP contribution in [0.15, 0.2) is 36.4 Å². The summed E-state index contributed by atoms with van der Waals surface area (Å²) in [6.07, 6.45) is 0. The lowest BCUT2D eigenvalue weighted by Crippen LogP contribution is -2.29. The summed E-state index contributed by atoms with van der Waals surface area (Å²) in [5, 5.41) is 21.6. The van der Waals surface area contributed by atoms with E-state index < -0.39 is 30.3 Å². The first-order chi connectivity index (χ1) is 13.3. The van der Waals surface area contributed by atoms with Gasteiger partial charge in [-0.05, 0) is 55.8 Å². The highest BCUT2D eigenvalue weighted by Gasteiger charge is 2.27. The van der Waals surface area contributed by atoms with Crippen molar-refractivity contribution in [3.05, 3.63) is 64.1 Å². The Kier molecular flexibility index (Phi) is 5.40. The van der Waals surface area contributed by atoms with Crippen LogP contribution in [0.1, 0.15) is 34.5 Å². The molecule has 1 heterocycles. The van der Waals surface area contributed by atoms with Crippen LogP contribution in [0.5, 0.6) is 5.75 Å². The second kappa shape index (κ2) is 7.61. The Labute approximate surface area is 165 Å². The third-order valence-electron chi connectivity index (χ3n) is 4.69. The second-order valence-corrected chi connectivity index (χ2v) is 6.80. The largest absolute Gasteiger partial charge is 0.508 e. The van der Waals surface area contributed by atoms with Gasteiger partial charge in [0.15, 0.2) is 0 Å². The van der Waals surface area contributed by atoms with Crippen molar-refractivity contribution in [3.8, 4) is 5.75 Å². The van der Waals surface area contributed by atoms with E-state index in [-0.39, 0.29) is 16.3 Å². The van der Waals surface area contributed by atoms with Crippen molar-refractivity contribution in [2.45, 2.75) is 19.8 Å². The second-order valence-electron chi connectivity index (χ2n) is 6.39. The molecule has 6 nitrogen and oxygen atoms in total. The Hall–Kier alpha value is -2.90. The summed E-state index contributed by atoms with van der Waals surface area (Å²) in [5.41, 5.74) is 1.56. The molecule has 1 aromatic heterocycles. The number of carbonyl (C=O) groups is 2. The third kappa shape index (κ3) is 3.34. The highest BCUT2D eigenvalue weighted by Crippen LogP contribution is 2.34. The molecule has 0 spiro atoms. The van der Waals surface area contributed by atoms with Gasteiger partial charge in [-0.2, -0.15) is 0 Å². The Balaban J connectivity index is 2.23. The predicted octanol–water partition coefficient (Wildman–Crippen LogP) is 3.31. The third-order valence-corrected chi connectivity index (χ3v) is 4.99. The summed E-state index contributed by atoms with van der Waals surface area (Å²) in [6, 6.07) is 8.22. The van der Waals surface area contributed by atoms with Crippen LogP contribution in [0, 0.1) is 12.7 Å². The zero-order valence-electron chi connectivity index (χ0n) is 15.2. The predicted molar refractivity (Wildman–Crippen MR) is 103 cm³/mol. The molecule has 0 unspecified atom stereocenters. The van der Waals surface area contributed by atoms with Gasteiger partial charge in [0.05, 0.1) is 16.5 Å². The number of aliphatic hydroxyl groups excluding tert-OH is 1. The zero-order valence-corrected chi connectivity index (χ0v) is 15.9. The van der Waals surface area contributed by atoms with E-state index in [1.54, 1.807) is 19.9 Å². The lowest BCUT2D eigenvalue weighted by atomic mass is 9.97. The van der Waals surface area contributed by atoms with Crippen molar-refractivity contribution in [1.29, 1.82) is 0 Å². The van der Waals surface area contributed by atoms with Crippen molar-refractivity contribution in [1.82, 2.24) is 9.88 Å². The molecular formula is C20H18ClFN2O4. The van der Waals surface area contributed by atoms with E-state index in [1.165, 1.54) is 28.8 Å². The van der Waals surface area contributed by atoms with E-state index in [9.17, 15) is 19.1 Å². The molecule has 146 valence electrons. The van der Waals surface area contributed by atoms with Gasteiger partial charge in [0, 0.05) is 16.6 Å². The van der Waals surface area contributed by atoms with Crippen LogP contribution in [0.4, 0.5) is 4.39 Å². The van der Waals surface area contributed by atoms with Gasteiger partial charge in [-0.1, -0.05) is 11.6 Å². The molecule has 0 bridgehead atoms. The van der Waals surface area contributed by atoms with Crippen LogP contribution >= 0.6 is 11.6 Å². The van der Waals surface area contributed by atoms with Crippen molar-refractivity contribution in [2.24, 2.45) is 0 Å². The SMILES string of the molecule is Cc1c([C@@H](C)C(=O)NCO)c2cc(O)ccc2n1C(=O)c1ccc(Cl)c(F)c1. The van der Waals surface area contributed by atoms with E-state index in [4.69, 9.17) is 16.7 Å². The maximum Gasteiger partial charge on any atom is 0.262 e. The molecule has 0 saturated heterocycles. The molecular weight excluding hydrogens is 387 g/mol. The number of rotatable bonds is 4. The number of amides is 1. The first kappa shape index (κ1) is 19.9. The maximum atomic E-state index is 13.8. The number of halogens is 2. The summed E-state index contributed by atoms with van der Waals surface area (Å²) < 4.78 is 15.2. The van der Waals surface area contributed by atoms with Crippen LogP contribution in [-0.2, 0) is 4.79 Å². The monoisotopic (exact) mass is 404 g/mol. The van der Waals surface area contributed by atoms with Gasteiger partial charge in [-0.25, -0.2) is 4.39 Å². The minimum Gasteiger partial charge on any atom is -0.508 e. The average Bonchev–Trinajstić information content (AvgIpc) is 2.94. The molecule has 3 aromatic rings. The standard InChI is InChI=1S/C20H18ClFN2O4/c1-10(19(27)23-9-25)18-11(2)24(17-6-4-13(26)8-14(17)18)20(28)12-3-5-15(21)16(22)7-12/h3-8,10,25-26H,9H2,1-2H3,(H,23,27)/t10-/m1/s1. The molecule has 28 heavy (non-hydrogen) atoms. The summed E-state index contributed by atoms with van der Waals surface area (Å²) in [6.45, 7) is 2.78. The van der Waals surface area contributed by atoms with Gasteiger partial charge in [0.2, 0.25) is 5.91 Å². The van der Waals surface area contributed by atoms with Gasteiger partial charge >= 0.3 is 0 Å². The molecule has 1 amide bonds. The number of nitrogens with zero attached hydrogens (tertiary/aromatic N) is 1. The minimum atomic E-state index is -0.713. The normalized spacial score (nSPS) is 12.2. The molecule has 0 aliphatic rings. The molecule has 1 atom stereocenters. The molecule has 0 fully saturated rings. The fraction of sp³-hybridized carbons (Fsp3) is 0.200. The first-order valence-electron chi connectivity index (χ1n) is 8.48. The fourth-order valence-electron chi connectivity index (χ4n) is 3.36. The number of carbonyl (C=O) groups excluding carboxylic acids is 2. The maximum absolute atomic E-state index is 13.8. The molecule has 3 N–H and O–H groups in total. The zero-order chi connectivity index (χ0) is 20.6. The lowest BCUT2D eigenvalue weighted by Gasteiger charge is -2.13. The van der Waals surface area contributed by atoms with Gasteiger partial charge in [0.25, 0.3) is 5.91 Å². The number of fused-ring (bicyclic) bond motifs is 1. The Morgan fingerprint density at radius 2 is 1.96 bits per heavy atom. The van der Waals surface area contributed by atoms with Crippen LogP contribution in [-0.4, -0.2) is 33.3 Å². The molecule has 3 rings (SSSR count). The number of aromatic hydroxyl groups is 1. The summed E-state index contributed by atoms with van der Waals surface area (Å²) in [4.78, 5) is 25.4. The van der Waals surface area contributed by atoms with Crippen molar-refractivity contribution in [3.63, 3.8) is 0 Å². The van der Waals surface area contributed by atoms with E-state index in [1.807, 2.05) is 0 Å². The lowest BCUT2D eigenvalue weighted by molar-refractivity contribution is -0.123. The Morgan fingerprint density at radius 3 is 2.61 bits per heavy atom. The van der Waals surface area contributed by atoms with Crippen molar-refractivity contribution >= 4 is 34.3 Å². The molecule has 0 saturated carbocycles. The number of phenols is 1. The summed E-state index contributed by atoms with van der Waals surface area (Å²) in [7, 11) is 0.